The minimum Gasteiger partial charge on any atom is -0.345 e. The van der Waals surface area contributed by atoms with Gasteiger partial charge in [-0.3, -0.25) is 9.59 Å². The van der Waals surface area contributed by atoms with Crippen LogP contribution in [0.3, 0.4) is 0 Å². The highest BCUT2D eigenvalue weighted by Crippen LogP contribution is 2.34. The van der Waals surface area contributed by atoms with Crippen LogP contribution >= 0.6 is 27.7 Å². The van der Waals surface area contributed by atoms with Crippen LogP contribution in [0.2, 0.25) is 0 Å². The van der Waals surface area contributed by atoms with Crippen LogP contribution in [-0.2, 0) is 18.4 Å². The summed E-state index contributed by atoms with van der Waals surface area (Å²) in [5.41, 5.74) is 3.95. The summed E-state index contributed by atoms with van der Waals surface area (Å²) in [6.45, 7) is 2.09. The molecule has 1 atom stereocenters. The van der Waals surface area contributed by atoms with Crippen LogP contribution in [0.5, 0.6) is 0 Å². The number of benzene rings is 3. The molecule has 2 amide bonds. The first-order chi connectivity index (χ1) is 19.3. The van der Waals surface area contributed by atoms with Crippen molar-refractivity contribution in [1.29, 1.82) is 0 Å². The lowest BCUT2D eigenvalue weighted by atomic mass is 9.98. The molecule has 0 saturated carbocycles. The van der Waals surface area contributed by atoms with Gasteiger partial charge in [-0.1, -0.05) is 81.8 Å². The zero-order chi connectivity index (χ0) is 28.2. The maximum Gasteiger partial charge on any atom is 0.254 e. The van der Waals surface area contributed by atoms with Crippen molar-refractivity contribution in [2.75, 3.05) is 5.75 Å². The molecule has 11 heteroatoms. The van der Waals surface area contributed by atoms with Crippen molar-refractivity contribution in [3.05, 3.63) is 111 Å². The molecule has 1 aromatic heterocycles. The Morgan fingerprint density at radius 1 is 1.05 bits per heavy atom. The molecule has 0 aliphatic carbocycles. The highest BCUT2D eigenvalue weighted by atomic mass is 79.9. The SMILES string of the molecule is Cc1ccc([C@H]2CC(c3ccc(Br)cc3)=NN2C(=O)CSc2nnc(CNC(=O)c3ccccc3F)n2C)cc1. The Morgan fingerprint density at radius 3 is 2.50 bits per heavy atom. The van der Waals surface area contributed by atoms with E-state index in [2.05, 4.69) is 31.4 Å². The Labute approximate surface area is 243 Å². The first-order valence-corrected chi connectivity index (χ1v) is 14.3. The van der Waals surface area contributed by atoms with Crippen molar-refractivity contribution in [3.63, 3.8) is 0 Å². The monoisotopic (exact) mass is 620 g/mol. The predicted molar refractivity (Wildman–Crippen MR) is 155 cm³/mol. The number of carbonyl (C=O) groups excluding carboxylic acids is 2. The van der Waals surface area contributed by atoms with Crippen molar-refractivity contribution >= 4 is 45.2 Å². The van der Waals surface area contributed by atoms with E-state index in [1.54, 1.807) is 22.7 Å². The van der Waals surface area contributed by atoms with Gasteiger partial charge >= 0.3 is 0 Å². The topological polar surface area (TPSA) is 92.5 Å². The van der Waals surface area contributed by atoms with Crippen molar-refractivity contribution in [3.8, 4) is 0 Å². The summed E-state index contributed by atoms with van der Waals surface area (Å²) in [5.74, 6) is -0.702. The third-order valence-electron chi connectivity index (χ3n) is 6.58. The first kappa shape index (κ1) is 27.7. The number of hydrogen-bond donors (Lipinski definition) is 1. The molecule has 40 heavy (non-hydrogen) atoms. The summed E-state index contributed by atoms with van der Waals surface area (Å²) >= 11 is 4.71. The molecular formula is C29H26BrFN6O2S. The summed E-state index contributed by atoms with van der Waals surface area (Å²) < 4.78 is 16.6. The molecule has 1 aliphatic rings. The fourth-order valence-corrected chi connectivity index (χ4v) is 5.37. The predicted octanol–water partition coefficient (Wildman–Crippen LogP) is 5.43. The van der Waals surface area contributed by atoms with Crippen LogP contribution in [-0.4, -0.2) is 43.1 Å². The minimum atomic E-state index is -0.593. The Hall–Kier alpha value is -3.83. The molecule has 1 aliphatic heterocycles. The summed E-state index contributed by atoms with van der Waals surface area (Å²) in [6, 6.07) is 21.6. The van der Waals surface area contributed by atoms with E-state index in [9.17, 15) is 14.0 Å². The molecule has 8 nitrogen and oxygen atoms in total. The number of rotatable bonds is 8. The molecular weight excluding hydrogens is 595 g/mol. The van der Waals surface area contributed by atoms with E-state index in [4.69, 9.17) is 5.10 Å². The number of thioether (sulfide) groups is 1. The Bertz CT molecular complexity index is 1570. The Kier molecular flexibility index (Phi) is 8.41. The third-order valence-corrected chi connectivity index (χ3v) is 8.11. The number of aromatic nitrogens is 3. The second-order valence-electron chi connectivity index (χ2n) is 9.33. The number of nitrogens with one attached hydrogen (secondary N) is 1. The van der Waals surface area contributed by atoms with Gasteiger partial charge in [0, 0.05) is 17.9 Å². The average Bonchev–Trinajstić information content (AvgIpc) is 3.55. The number of hydrazone groups is 1. The van der Waals surface area contributed by atoms with E-state index in [0.29, 0.717) is 17.4 Å². The molecule has 0 fully saturated rings. The van der Waals surface area contributed by atoms with Gasteiger partial charge in [0.2, 0.25) is 0 Å². The van der Waals surface area contributed by atoms with E-state index in [0.717, 1.165) is 26.9 Å². The molecule has 0 bridgehead atoms. The van der Waals surface area contributed by atoms with Gasteiger partial charge in [-0.15, -0.1) is 10.2 Å². The largest absolute Gasteiger partial charge is 0.345 e. The Morgan fingerprint density at radius 2 is 1.77 bits per heavy atom. The maximum absolute atomic E-state index is 13.9. The average molecular weight is 622 g/mol. The molecule has 1 N–H and O–H groups in total. The van der Waals surface area contributed by atoms with Gasteiger partial charge in [-0.2, -0.15) is 5.10 Å². The summed E-state index contributed by atoms with van der Waals surface area (Å²) in [5, 5.41) is 17.8. The van der Waals surface area contributed by atoms with Crippen molar-refractivity contribution in [2.24, 2.45) is 12.1 Å². The van der Waals surface area contributed by atoms with Gasteiger partial charge in [0.25, 0.3) is 11.8 Å². The van der Waals surface area contributed by atoms with E-state index in [1.165, 1.54) is 30.0 Å². The van der Waals surface area contributed by atoms with Crippen molar-refractivity contribution < 1.29 is 14.0 Å². The number of amides is 2. The lowest BCUT2D eigenvalue weighted by Crippen LogP contribution is -2.28. The van der Waals surface area contributed by atoms with Crippen LogP contribution in [0.15, 0.2) is 87.5 Å². The van der Waals surface area contributed by atoms with Crippen LogP contribution in [0.1, 0.15) is 45.3 Å². The number of carbonyl (C=O) groups is 2. The van der Waals surface area contributed by atoms with Gasteiger partial charge in [0.15, 0.2) is 11.0 Å². The molecule has 5 rings (SSSR count). The fraction of sp³-hybridized carbons (Fsp3) is 0.207. The molecule has 0 saturated heterocycles. The number of nitrogens with zero attached hydrogens (tertiary/aromatic N) is 5. The molecule has 204 valence electrons. The second kappa shape index (κ2) is 12.1. The molecule has 3 aromatic carbocycles. The van der Waals surface area contributed by atoms with Crippen molar-refractivity contribution in [2.45, 2.75) is 31.1 Å². The quantitative estimate of drug-likeness (QED) is 0.265. The Balaban J connectivity index is 1.27. The van der Waals surface area contributed by atoms with Crippen LogP contribution in [0.4, 0.5) is 4.39 Å². The van der Waals surface area contributed by atoms with Crippen molar-refractivity contribution in [1.82, 2.24) is 25.1 Å². The second-order valence-corrected chi connectivity index (χ2v) is 11.2. The van der Waals surface area contributed by atoms with E-state index < -0.39 is 11.7 Å². The highest BCUT2D eigenvalue weighted by molar-refractivity contribution is 9.10. The zero-order valence-electron chi connectivity index (χ0n) is 21.8. The van der Waals surface area contributed by atoms with Gasteiger partial charge in [0.05, 0.1) is 29.6 Å². The fourth-order valence-electron chi connectivity index (χ4n) is 4.32. The zero-order valence-corrected chi connectivity index (χ0v) is 24.2. The van der Waals surface area contributed by atoms with E-state index in [1.807, 2.05) is 55.5 Å². The maximum atomic E-state index is 13.9. The number of hydrogen-bond acceptors (Lipinski definition) is 6. The summed E-state index contributed by atoms with van der Waals surface area (Å²) in [4.78, 5) is 25.8. The van der Waals surface area contributed by atoms with Gasteiger partial charge < -0.3 is 9.88 Å². The van der Waals surface area contributed by atoms with Crippen LogP contribution in [0.25, 0.3) is 0 Å². The lowest BCUT2D eigenvalue weighted by molar-refractivity contribution is -0.130. The van der Waals surface area contributed by atoms with Gasteiger partial charge in [-0.25, -0.2) is 9.40 Å². The standard InChI is InChI=1S/C29H26BrFN6O2S/c1-18-7-9-20(10-8-18)25-15-24(19-11-13-21(30)14-12-19)35-37(25)27(38)17-40-29-34-33-26(36(29)2)16-32-28(39)22-5-3-4-6-23(22)31/h3-14,25H,15-17H2,1-2H3,(H,32,39)/t25-/m1/s1. The van der Waals surface area contributed by atoms with Crippen LogP contribution < -0.4 is 5.32 Å². The molecule has 0 radical (unpaired) electrons. The van der Waals surface area contributed by atoms with Crippen LogP contribution in [0, 0.1) is 12.7 Å². The molecule has 2 heterocycles. The normalized spacial score (nSPS) is 14.8. The summed E-state index contributed by atoms with van der Waals surface area (Å²) in [6.07, 6.45) is 0.608. The lowest BCUT2D eigenvalue weighted by Gasteiger charge is -2.22. The third kappa shape index (κ3) is 6.15. The van der Waals surface area contributed by atoms with E-state index >= 15 is 0 Å². The molecule has 0 unspecified atom stereocenters. The molecule has 4 aromatic rings. The highest BCUT2D eigenvalue weighted by Gasteiger charge is 2.33. The minimum absolute atomic E-state index is 0.0401. The smallest absolute Gasteiger partial charge is 0.254 e. The first-order valence-electron chi connectivity index (χ1n) is 12.6. The van der Waals surface area contributed by atoms with Gasteiger partial charge in [0.1, 0.15) is 5.82 Å². The van der Waals surface area contributed by atoms with E-state index in [-0.39, 0.29) is 29.8 Å². The number of halogens is 2. The molecule has 0 spiro atoms. The van der Waals surface area contributed by atoms with Gasteiger partial charge in [-0.05, 0) is 42.3 Å². The number of aryl methyl sites for hydroxylation is 1. The summed E-state index contributed by atoms with van der Waals surface area (Å²) in [7, 11) is 1.76.